The van der Waals surface area contributed by atoms with Gasteiger partial charge < -0.3 is 10.2 Å². The highest BCUT2D eigenvalue weighted by atomic mass is 35.5. The summed E-state index contributed by atoms with van der Waals surface area (Å²) in [5.41, 5.74) is 2.02. The summed E-state index contributed by atoms with van der Waals surface area (Å²) < 4.78 is 1.69. The van der Waals surface area contributed by atoms with Crippen molar-refractivity contribution >= 4 is 46.5 Å². The lowest BCUT2D eigenvalue weighted by molar-refractivity contribution is -0.127. The van der Waals surface area contributed by atoms with Crippen LogP contribution in [0.25, 0.3) is 0 Å². The van der Waals surface area contributed by atoms with Gasteiger partial charge in [-0.2, -0.15) is 5.10 Å². The lowest BCUT2D eigenvalue weighted by Crippen LogP contribution is -2.39. The van der Waals surface area contributed by atoms with Gasteiger partial charge in [-0.05, 0) is 19.4 Å². The molecule has 27 heavy (non-hydrogen) atoms. The quantitative estimate of drug-likeness (QED) is 0.697. The van der Waals surface area contributed by atoms with Crippen LogP contribution in [0.2, 0.25) is 15.1 Å². The standard InChI is InChI=1S/C19H17Cl3N4O/c1-11-15(19(27)25-8-3-2-4-9-25)17(12-6-5-7-13(20)16(12)22)26-18(24-11)14(21)10-23-26/h2-3,5-7,10,17,24H,4,8-9H2,1H3. The minimum atomic E-state index is -0.515. The molecule has 4 rings (SSSR count). The summed E-state index contributed by atoms with van der Waals surface area (Å²) >= 11 is 19.1. The van der Waals surface area contributed by atoms with Crippen LogP contribution < -0.4 is 5.32 Å². The van der Waals surface area contributed by atoms with Gasteiger partial charge in [0, 0.05) is 24.4 Å². The fourth-order valence-corrected chi connectivity index (χ4v) is 4.11. The van der Waals surface area contributed by atoms with Crippen molar-refractivity contribution < 1.29 is 4.79 Å². The van der Waals surface area contributed by atoms with E-state index < -0.39 is 6.04 Å². The van der Waals surface area contributed by atoms with Crippen LogP contribution in [0.4, 0.5) is 5.82 Å². The van der Waals surface area contributed by atoms with E-state index in [1.54, 1.807) is 16.9 Å². The van der Waals surface area contributed by atoms with Crippen LogP contribution in [0.1, 0.15) is 24.9 Å². The van der Waals surface area contributed by atoms with Gasteiger partial charge >= 0.3 is 0 Å². The molecule has 1 unspecified atom stereocenters. The Morgan fingerprint density at radius 3 is 2.78 bits per heavy atom. The van der Waals surface area contributed by atoms with Gasteiger partial charge in [-0.1, -0.05) is 59.1 Å². The maximum absolute atomic E-state index is 13.4. The second kappa shape index (κ2) is 7.23. The molecule has 2 aliphatic heterocycles. The fourth-order valence-electron chi connectivity index (χ4n) is 3.52. The zero-order valence-corrected chi connectivity index (χ0v) is 16.8. The van der Waals surface area contributed by atoms with Crippen LogP contribution in [-0.4, -0.2) is 33.7 Å². The molecule has 8 heteroatoms. The molecule has 1 amide bonds. The molecule has 2 aromatic rings. The SMILES string of the molecule is CC1=C(C(=O)N2CC=CCC2)C(c2cccc(Cl)c2Cl)n2ncc(Cl)c2N1. The number of allylic oxidation sites excluding steroid dienone is 1. The van der Waals surface area contributed by atoms with Gasteiger partial charge in [0.25, 0.3) is 5.91 Å². The first-order valence-electron chi connectivity index (χ1n) is 8.58. The average Bonchev–Trinajstić information content (AvgIpc) is 3.04. The Kier molecular flexibility index (Phi) is 4.93. The molecule has 0 fully saturated rings. The number of amides is 1. The summed E-state index contributed by atoms with van der Waals surface area (Å²) in [7, 11) is 0. The molecule has 1 aromatic carbocycles. The largest absolute Gasteiger partial charge is 0.342 e. The van der Waals surface area contributed by atoms with Crippen molar-refractivity contribution in [3.63, 3.8) is 0 Å². The Morgan fingerprint density at radius 2 is 2.04 bits per heavy atom. The molecule has 140 valence electrons. The number of rotatable bonds is 2. The number of anilines is 1. The van der Waals surface area contributed by atoms with E-state index in [0.717, 1.165) is 12.1 Å². The van der Waals surface area contributed by atoms with Crippen molar-refractivity contribution in [2.45, 2.75) is 19.4 Å². The Hall–Kier alpha value is -1.95. The molecule has 0 saturated carbocycles. The number of nitrogens with one attached hydrogen (secondary N) is 1. The highest BCUT2D eigenvalue weighted by Gasteiger charge is 2.37. The number of fused-ring (bicyclic) bond motifs is 1. The molecule has 1 N–H and O–H groups in total. The first-order valence-corrected chi connectivity index (χ1v) is 9.71. The van der Waals surface area contributed by atoms with Crippen molar-refractivity contribution in [1.82, 2.24) is 14.7 Å². The van der Waals surface area contributed by atoms with Gasteiger partial charge in [0.15, 0.2) is 0 Å². The molecule has 0 saturated heterocycles. The third kappa shape index (κ3) is 3.14. The van der Waals surface area contributed by atoms with Gasteiger partial charge in [-0.3, -0.25) is 4.79 Å². The van der Waals surface area contributed by atoms with Crippen LogP contribution >= 0.6 is 34.8 Å². The molecule has 5 nitrogen and oxygen atoms in total. The van der Waals surface area contributed by atoms with Gasteiger partial charge in [-0.15, -0.1) is 0 Å². The third-order valence-electron chi connectivity index (χ3n) is 4.83. The van der Waals surface area contributed by atoms with Gasteiger partial charge in [-0.25, -0.2) is 4.68 Å². The lowest BCUT2D eigenvalue weighted by Gasteiger charge is -2.34. The van der Waals surface area contributed by atoms with E-state index in [9.17, 15) is 4.79 Å². The monoisotopic (exact) mass is 422 g/mol. The number of halogens is 3. The van der Waals surface area contributed by atoms with Crippen LogP contribution in [0.3, 0.4) is 0 Å². The van der Waals surface area contributed by atoms with E-state index in [1.807, 2.05) is 30.0 Å². The van der Waals surface area contributed by atoms with Crippen molar-refractivity contribution in [3.8, 4) is 0 Å². The zero-order chi connectivity index (χ0) is 19.1. The zero-order valence-electron chi connectivity index (χ0n) is 14.5. The molecular formula is C19H17Cl3N4O. The molecular weight excluding hydrogens is 407 g/mol. The first kappa shape index (κ1) is 18.4. The molecule has 2 aliphatic rings. The molecule has 1 aromatic heterocycles. The summed E-state index contributed by atoms with van der Waals surface area (Å²) in [5.74, 6) is 0.577. The smallest absolute Gasteiger partial charge is 0.254 e. The Morgan fingerprint density at radius 1 is 1.22 bits per heavy atom. The molecule has 0 spiro atoms. The number of hydrogen-bond acceptors (Lipinski definition) is 3. The summed E-state index contributed by atoms with van der Waals surface area (Å²) in [6.07, 6.45) is 6.48. The highest BCUT2D eigenvalue weighted by Crippen LogP contribution is 2.42. The molecule has 0 aliphatic carbocycles. The van der Waals surface area contributed by atoms with Crippen molar-refractivity contribution in [2.24, 2.45) is 0 Å². The van der Waals surface area contributed by atoms with E-state index in [2.05, 4.69) is 16.5 Å². The minimum absolute atomic E-state index is 0.0531. The van der Waals surface area contributed by atoms with Crippen molar-refractivity contribution in [3.05, 3.63) is 68.4 Å². The second-order valence-corrected chi connectivity index (χ2v) is 7.70. The second-order valence-electron chi connectivity index (χ2n) is 6.51. The normalized spacial score (nSPS) is 19.1. The first-order chi connectivity index (χ1) is 13.0. The molecule has 0 radical (unpaired) electrons. The average molecular weight is 424 g/mol. The molecule has 3 heterocycles. The lowest BCUT2D eigenvalue weighted by atomic mass is 9.94. The number of nitrogens with zero attached hydrogens (tertiary/aromatic N) is 3. The number of carbonyl (C=O) groups excluding carboxylic acids is 1. The summed E-state index contributed by atoms with van der Waals surface area (Å²) in [5, 5.41) is 8.93. The summed E-state index contributed by atoms with van der Waals surface area (Å²) in [6, 6.07) is 4.88. The van der Waals surface area contributed by atoms with Crippen LogP contribution in [0.5, 0.6) is 0 Å². The van der Waals surface area contributed by atoms with Gasteiger partial charge in [0.1, 0.15) is 16.9 Å². The van der Waals surface area contributed by atoms with Gasteiger partial charge in [0.2, 0.25) is 0 Å². The Balaban J connectivity index is 1.88. The predicted molar refractivity (Wildman–Crippen MR) is 108 cm³/mol. The van der Waals surface area contributed by atoms with Crippen LogP contribution in [0, 0.1) is 0 Å². The van der Waals surface area contributed by atoms with E-state index >= 15 is 0 Å². The summed E-state index contributed by atoms with van der Waals surface area (Å²) in [6.45, 7) is 3.12. The highest BCUT2D eigenvalue weighted by molar-refractivity contribution is 6.42. The predicted octanol–water partition coefficient (Wildman–Crippen LogP) is 4.92. The molecule has 0 bridgehead atoms. The van der Waals surface area contributed by atoms with Crippen LogP contribution in [0.15, 0.2) is 47.8 Å². The number of benzene rings is 1. The summed E-state index contributed by atoms with van der Waals surface area (Å²) in [4.78, 5) is 15.2. The number of hydrogen-bond donors (Lipinski definition) is 1. The minimum Gasteiger partial charge on any atom is -0.342 e. The third-order valence-corrected chi connectivity index (χ3v) is 5.94. The fraction of sp³-hybridized carbons (Fsp3) is 0.263. The van der Waals surface area contributed by atoms with E-state index in [4.69, 9.17) is 34.8 Å². The van der Waals surface area contributed by atoms with Crippen molar-refractivity contribution in [1.29, 1.82) is 0 Å². The van der Waals surface area contributed by atoms with Gasteiger partial charge in [0.05, 0.1) is 21.8 Å². The maximum Gasteiger partial charge on any atom is 0.254 e. The maximum atomic E-state index is 13.4. The topological polar surface area (TPSA) is 50.2 Å². The molecule has 1 atom stereocenters. The van der Waals surface area contributed by atoms with Crippen molar-refractivity contribution in [2.75, 3.05) is 18.4 Å². The van der Waals surface area contributed by atoms with E-state index in [-0.39, 0.29) is 5.91 Å². The number of aromatic nitrogens is 2. The number of carbonyl (C=O) groups is 1. The van der Waals surface area contributed by atoms with E-state index in [0.29, 0.717) is 45.1 Å². The van der Waals surface area contributed by atoms with Crippen LogP contribution in [-0.2, 0) is 4.79 Å². The Bertz CT molecular complexity index is 979. The van der Waals surface area contributed by atoms with E-state index in [1.165, 1.54) is 0 Å². The Labute approximate surface area is 172 Å².